The van der Waals surface area contributed by atoms with Gasteiger partial charge in [0, 0.05) is 0 Å². The third-order valence-corrected chi connectivity index (χ3v) is 2.21. The van der Waals surface area contributed by atoms with Crippen LogP contribution < -0.4 is 5.32 Å². The molecule has 6 heteroatoms. The first-order valence-corrected chi connectivity index (χ1v) is 4.07. The van der Waals surface area contributed by atoms with Gasteiger partial charge in [-0.1, -0.05) is 0 Å². The van der Waals surface area contributed by atoms with Gasteiger partial charge in [-0.25, -0.2) is 0 Å². The molecule has 0 spiro atoms. The summed E-state index contributed by atoms with van der Waals surface area (Å²) >= 11 is 0. The van der Waals surface area contributed by atoms with Crippen molar-refractivity contribution in [3.63, 3.8) is 0 Å². The molecule has 0 bridgehead atoms. The smallest absolute Gasteiger partial charge is 0.209 e. The quantitative estimate of drug-likeness (QED) is 0.385. The lowest BCUT2D eigenvalue weighted by Crippen LogP contribution is -2.62. The van der Waals surface area contributed by atoms with Gasteiger partial charge in [0.05, 0.1) is 12.6 Å². The predicted octanol–water partition coefficient (Wildman–Crippen LogP) is -2.56. The second-order valence-corrected chi connectivity index (χ2v) is 3.02. The number of rotatable bonds is 2. The summed E-state index contributed by atoms with van der Waals surface area (Å²) in [7, 11) is 1.49. The van der Waals surface area contributed by atoms with Crippen LogP contribution in [0, 0.1) is 0 Å². The number of hydrogen-bond acceptors (Lipinski definition) is 5. The van der Waals surface area contributed by atoms with Gasteiger partial charge >= 0.3 is 0 Å². The van der Waals surface area contributed by atoms with Crippen LogP contribution in [-0.4, -0.2) is 59.6 Å². The SMILES string of the molecule is CNC1[C@H]([O])OC(CO)[C@H](O)[C@@H]1O. The largest absolute Gasteiger partial charge is 0.394 e. The Hall–Kier alpha value is -0.240. The maximum absolute atomic E-state index is 11.2. The number of hydrogen-bond donors (Lipinski definition) is 4. The maximum Gasteiger partial charge on any atom is 0.209 e. The molecule has 0 aromatic rings. The first-order chi connectivity index (χ1) is 6.11. The summed E-state index contributed by atoms with van der Waals surface area (Å²) in [6.45, 7) is -0.479. The van der Waals surface area contributed by atoms with Crippen LogP contribution in [0.5, 0.6) is 0 Å². The number of aliphatic hydroxyl groups is 3. The zero-order valence-electron chi connectivity index (χ0n) is 7.25. The normalized spacial score (nSPS) is 46.4. The van der Waals surface area contributed by atoms with E-state index in [2.05, 4.69) is 5.32 Å². The van der Waals surface area contributed by atoms with Gasteiger partial charge in [-0.2, -0.15) is 5.11 Å². The minimum Gasteiger partial charge on any atom is -0.394 e. The maximum atomic E-state index is 11.2. The molecule has 13 heavy (non-hydrogen) atoms. The Bertz CT molecular complexity index is 167. The van der Waals surface area contributed by atoms with Crippen molar-refractivity contribution < 1.29 is 25.2 Å². The molecule has 1 aliphatic rings. The zero-order valence-corrected chi connectivity index (χ0v) is 7.25. The van der Waals surface area contributed by atoms with E-state index in [0.717, 1.165) is 0 Å². The van der Waals surface area contributed by atoms with Gasteiger partial charge < -0.3 is 25.4 Å². The van der Waals surface area contributed by atoms with Crippen LogP contribution in [0.15, 0.2) is 0 Å². The Kier molecular flexibility index (Phi) is 3.60. The summed E-state index contributed by atoms with van der Waals surface area (Å²) in [6.07, 6.45) is -4.91. The predicted molar refractivity (Wildman–Crippen MR) is 41.3 cm³/mol. The van der Waals surface area contributed by atoms with Crippen molar-refractivity contribution >= 4 is 0 Å². The van der Waals surface area contributed by atoms with E-state index in [0.29, 0.717) is 0 Å². The van der Waals surface area contributed by atoms with Crippen LogP contribution in [0.25, 0.3) is 0 Å². The van der Waals surface area contributed by atoms with Gasteiger partial charge in [0.15, 0.2) is 0 Å². The zero-order chi connectivity index (χ0) is 10.0. The molecular weight excluding hydrogens is 178 g/mol. The van der Waals surface area contributed by atoms with Crippen LogP contribution in [0.3, 0.4) is 0 Å². The lowest BCUT2D eigenvalue weighted by molar-refractivity contribution is -0.272. The van der Waals surface area contributed by atoms with Crippen molar-refractivity contribution in [2.75, 3.05) is 13.7 Å². The molecule has 0 aliphatic carbocycles. The van der Waals surface area contributed by atoms with E-state index in [-0.39, 0.29) is 0 Å². The van der Waals surface area contributed by atoms with Crippen LogP contribution in [0.4, 0.5) is 0 Å². The average Bonchev–Trinajstić information content (AvgIpc) is 2.12. The minimum absolute atomic E-state index is 0.479. The Morgan fingerprint density at radius 2 is 2.00 bits per heavy atom. The van der Waals surface area contributed by atoms with Crippen molar-refractivity contribution in [3.05, 3.63) is 0 Å². The van der Waals surface area contributed by atoms with Crippen molar-refractivity contribution in [1.29, 1.82) is 0 Å². The number of ether oxygens (including phenoxy) is 1. The fraction of sp³-hybridized carbons (Fsp3) is 1.00. The molecule has 2 unspecified atom stereocenters. The number of likely N-dealkylation sites (N-methyl/N-ethyl adjacent to an activating group) is 1. The van der Waals surface area contributed by atoms with E-state index in [1.165, 1.54) is 7.05 Å². The van der Waals surface area contributed by atoms with E-state index in [4.69, 9.17) is 9.84 Å². The monoisotopic (exact) mass is 192 g/mol. The summed E-state index contributed by atoms with van der Waals surface area (Å²) < 4.78 is 4.74. The van der Waals surface area contributed by atoms with Gasteiger partial charge in [0.1, 0.15) is 18.3 Å². The second kappa shape index (κ2) is 4.32. The lowest BCUT2D eigenvalue weighted by atomic mass is 9.97. The highest BCUT2D eigenvalue weighted by molar-refractivity contribution is 4.91. The van der Waals surface area contributed by atoms with Crippen LogP contribution in [0.2, 0.25) is 0 Å². The molecule has 6 nitrogen and oxygen atoms in total. The Balaban J connectivity index is 2.66. The van der Waals surface area contributed by atoms with Crippen molar-refractivity contribution in [3.8, 4) is 0 Å². The summed E-state index contributed by atoms with van der Waals surface area (Å²) in [6, 6.07) is -0.849. The molecular formula is C7H14NO5. The van der Waals surface area contributed by atoms with E-state index >= 15 is 0 Å². The molecule has 1 rings (SSSR count). The van der Waals surface area contributed by atoms with Gasteiger partial charge in [0.25, 0.3) is 0 Å². The Morgan fingerprint density at radius 3 is 2.46 bits per heavy atom. The Labute approximate surface area is 75.8 Å². The highest BCUT2D eigenvalue weighted by Gasteiger charge is 2.43. The number of aliphatic hydroxyl groups excluding tert-OH is 3. The lowest BCUT2D eigenvalue weighted by Gasteiger charge is -2.38. The molecule has 0 aromatic carbocycles. The fourth-order valence-electron chi connectivity index (χ4n) is 1.39. The van der Waals surface area contributed by atoms with Crippen molar-refractivity contribution in [2.45, 2.75) is 30.6 Å². The summed E-state index contributed by atoms with van der Waals surface area (Å²) in [5.74, 6) is 0. The van der Waals surface area contributed by atoms with E-state index in [1.807, 2.05) is 0 Å². The van der Waals surface area contributed by atoms with Gasteiger partial charge in [0.2, 0.25) is 6.29 Å². The van der Waals surface area contributed by atoms with Crippen molar-refractivity contribution in [1.82, 2.24) is 5.32 Å². The summed E-state index contributed by atoms with van der Waals surface area (Å²) in [4.78, 5) is 0. The standard InChI is InChI=1S/C7H14NO5/c1-8-4-6(11)5(10)3(2-9)13-7(4)12/h3-11H,2H2,1H3/t3?,4?,5-,6+,7+/m0/s1. The average molecular weight is 192 g/mol. The third kappa shape index (κ3) is 1.98. The topological polar surface area (TPSA) is 102 Å². The molecule has 1 heterocycles. The van der Waals surface area contributed by atoms with Gasteiger partial charge in [-0.15, -0.1) is 0 Å². The first kappa shape index (κ1) is 10.8. The van der Waals surface area contributed by atoms with Gasteiger partial charge in [-0.05, 0) is 7.05 Å². The van der Waals surface area contributed by atoms with Crippen LogP contribution in [-0.2, 0) is 9.84 Å². The second-order valence-electron chi connectivity index (χ2n) is 3.02. The summed E-state index contributed by atoms with van der Waals surface area (Å²) in [5.41, 5.74) is 0. The molecule has 5 atom stereocenters. The molecule has 1 aliphatic heterocycles. The first-order valence-electron chi connectivity index (χ1n) is 4.07. The molecule has 1 fully saturated rings. The van der Waals surface area contributed by atoms with E-state index < -0.39 is 37.3 Å². The molecule has 0 aromatic heterocycles. The molecule has 0 saturated carbocycles. The van der Waals surface area contributed by atoms with Crippen LogP contribution in [0.1, 0.15) is 0 Å². The van der Waals surface area contributed by atoms with Crippen molar-refractivity contribution in [2.24, 2.45) is 0 Å². The molecule has 4 N–H and O–H groups in total. The molecule has 1 radical (unpaired) electrons. The van der Waals surface area contributed by atoms with Crippen LogP contribution >= 0.6 is 0 Å². The van der Waals surface area contributed by atoms with E-state index in [1.54, 1.807) is 0 Å². The minimum atomic E-state index is -1.47. The molecule has 0 amide bonds. The molecule has 77 valence electrons. The van der Waals surface area contributed by atoms with E-state index in [9.17, 15) is 15.3 Å². The Morgan fingerprint density at radius 1 is 1.38 bits per heavy atom. The number of nitrogens with one attached hydrogen (secondary N) is 1. The van der Waals surface area contributed by atoms with Gasteiger partial charge in [-0.3, -0.25) is 0 Å². The highest BCUT2D eigenvalue weighted by atomic mass is 16.6. The third-order valence-electron chi connectivity index (χ3n) is 2.21. The molecule has 1 saturated heterocycles. The summed E-state index contributed by atoms with van der Waals surface area (Å²) in [5, 5.41) is 41.2. The highest BCUT2D eigenvalue weighted by Crippen LogP contribution is 2.19. The fourth-order valence-corrected chi connectivity index (χ4v) is 1.39.